The number of hydrogen-bond acceptors (Lipinski definition) is 2. The van der Waals surface area contributed by atoms with Crippen LogP contribution in [0.1, 0.15) is 52.4 Å². The zero-order valence-corrected chi connectivity index (χ0v) is 12.0. The molecular weight excluding hydrogens is 242 g/mol. The molecule has 2 rings (SSSR count). The number of piperidine rings is 1. The van der Waals surface area contributed by atoms with Crippen molar-refractivity contribution in [1.82, 2.24) is 4.90 Å². The number of carboxylic acid groups (broad SMARTS) is 1. The third-order valence-corrected chi connectivity index (χ3v) is 4.62. The second-order valence-electron chi connectivity index (χ2n) is 6.66. The van der Waals surface area contributed by atoms with Gasteiger partial charge in [0.05, 0.1) is 5.92 Å². The number of nitrogens with zero attached hydrogens (tertiary/aromatic N) is 1. The molecule has 2 fully saturated rings. The van der Waals surface area contributed by atoms with Crippen molar-refractivity contribution in [3.63, 3.8) is 0 Å². The van der Waals surface area contributed by atoms with E-state index in [1.807, 2.05) is 4.90 Å². The average molecular weight is 267 g/mol. The van der Waals surface area contributed by atoms with E-state index < -0.39 is 5.97 Å². The Labute approximate surface area is 115 Å². The van der Waals surface area contributed by atoms with Gasteiger partial charge in [-0.25, -0.2) is 0 Å². The summed E-state index contributed by atoms with van der Waals surface area (Å²) in [6.07, 6.45) is 5.57. The first-order chi connectivity index (χ1) is 8.94. The Balaban J connectivity index is 2.03. The SMILES string of the molecule is CC(C)CC1(C(=O)N2CCC[C@H](C(=O)O)C2)CCC1. The zero-order chi connectivity index (χ0) is 14.0. The third-order valence-electron chi connectivity index (χ3n) is 4.62. The van der Waals surface area contributed by atoms with Crippen molar-refractivity contribution in [2.24, 2.45) is 17.3 Å². The number of likely N-dealkylation sites (tertiary alicyclic amines) is 1. The molecule has 1 atom stereocenters. The Kier molecular flexibility index (Phi) is 4.16. The average Bonchev–Trinajstić information content (AvgIpc) is 2.33. The van der Waals surface area contributed by atoms with E-state index in [2.05, 4.69) is 13.8 Å². The number of carboxylic acids is 1. The Morgan fingerprint density at radius 2 is 2.00 bits per heavy atom. The molecule has 1 heterocycles. The molecule has 19 heavy (non-hydrogen) atoms. The molecule has 1 saturated carbocycles. The van der Waals surface area contributed by atoms with E-state index in [9.17, 15) is 9.59 Å². The van der Waals surface area contributed by atoms with Gasteiger partial charge in [0, 0.05) is 18.5 Å². The van der Waals surface area contributed by atoms with E-state index in [1.165, 1.54) is 0 Å². The molecular formula is C15H25NO3. The number of rotatable bonds is 4. The molecule has 1 amide bonds. The van der Waals surface area contributed by atoms with Gasteiger partial charge in [0.1, 0.15) is 0 Å². The van der Waals surface area contributed by atoms with E-state index in [1.54, 1.807) is 0 Å². The van der Waals surface area contributed by atoms with Crippen molar-refractivity contribution in [3.05, 3.63) is 0 Å². The molecule has 4 heteroatoms. The van der Waals surface area contributed by atoms with E-state index in [4.69, 9.17) is 5.11 Å². The lowest BCUT2D eigenvalue weighted by atomic mass is 9.63. The van der Waals surface area contributed by atoms with Gasteiger partial charge in [0.25, 0.3) is 0 Å². The quantitative estimate of drug-likeness (QED) is 0.851. The van der Waals surface area contributed by atoms with Gasteiger partial charge in [-0.1, -0.05) is 20.3 Å². The largest absolute Gasteiger partial charge is 0.481 e. The van der Waals surface area contributed by atoms with Crippen LogP contribution in [0.15, 0.2) is 0 Å². The minimum absolute atomic E-state index is 0.172. The first-order valence-corrected chi connectivity index (χ1v) is 7.47. The lowest BCUT2D eigenvalue weighted by molar-refractivity contribution is -0.154. The molecule has 4 nitrogen and oxygen atoms in total. The van der Waals surface area contributed by atoms with Crippen LogP contribution >= 0.6 is 0 Å². The molecule has 0 unspecified atom stereocenters. The highest BCUT2D eigenvalue weighted by Gasteiger charge is 2.47. The maximum absolute atomic E-state index is 12.7. The fraction of sp³-hybridized carbons (Fsp3) is 0.867. The molecule has 1 aliphatic carbocycles. The number of amides is 1. The van der Waals surface area contributed by atoms with Gasteiger partial charge in [0.15, 0.2) is 0 Å². The lowest BCUT2D eigenvalue weighted by Crippen LogP contribution is -2.52. The predicted molar refractivity (Wildman–Crippen MR) is 72.7 cm³/mol. The zero-order valence-electron chi connectivity index (χ0n) is 12.0. The highest BCUT2D eigenvalue weighted by atomic mass is 16.4. The van der Waals surface area contributed by atoms with Crippen molar-refractivity contribution < 1.29 is 14.7 Å². The number of hydrogen-bond donors (Lipinski definition) is 1. The van der Waals surface area contributed by atoms with Gasteiger partial charge in [-0.15, -0.1) is 0 Å². The minimum Gasteiger partial charge on any atom is -0.481 e. The fourth-order valence-electron chi connectivity index (χ4n) is 3.59. The highest BCUT2D eigenvalue weighted by molar-refractivity contribution is 5.84. The van der Waals surface area contributed by atoms with Gasteiger partial charge in [-0.05, 0) is 38.0 Å². The Hall–Kier alpha value is -1.06. The topological polar surface area (TPSA) is 57.6 Å². The number of aliphatic carboxylic acids is 1. The molecule has 0 spiro atoms. The predicted octanol–water partition coefficient (Wildman–Crippen LogP) is 2.53. The number of carbonyl (C=O) groups excluding carboxylic acids is 1. The molecule has 0 bridgehead atoms. The van der Waals surface area contributed by atoms with Gasteiger partial charge >= 0.3 is 5.97 Å². The van der Waals surface area contributed by atoms with Crippen LogP contribution in [0.4, 0.5) is 0 Å². The van der Waals surface area contributed by atoms with Crippen LogP contribution in [0.25, 0.3) is 0 Å². The summed E-state index contributed by atoms with van der Waals surface area (Å²) in [7, 11) is 0. The van der Waals surface area contributed by atoms with E-state index >= 15 is 0 Å². The molecule has 0 radical (unpaired) electrons. The third kappa shape index (κ3) is 2.93. The van der Waals surface area contributed by atoms with Crippen molar-refractivity contribution in [2.45, 2.75) is 52.4 Å². The van der Waals surface area contributed by atoms with Crippen molar-refractivity contribution in [2.75, 3.05) is 13.1 Å². The Morgan fingerprint density at radius 3 is 2.47 bits per heavy atom. The Bertz CT molecular complexity index is 360. The highest BCUT2D eigenvalue weighted by Crippen LogP contribution is 2.47. The van der Waals surface area contributed by atoms with E-state index in [-0.39, 0.29) is 17.2 Å². The second kappa shape index (κ2) is 5.51. The fourth-order valence-corrected chi connectivity index (χ4v) is 3.59. The van der Waals surface area contributed by atoms with Gasteiger partial charge in [-0.2, -0.15) is 0 Å². The maximum Gasteiger partial charge on any atom is 0.308 e. The molecule has 108 valence electrons. The molecule has 0 aromatic carbocycles. The summed E-state index contributed by atoms with van der Waals surface area (Å²) in [5, 5.41) is 9.12. The summed E-state index contributed by atoms with van der Waals surface area (Å²) < 4.78 is 0. The number of carbonyl (C=O) groups is 2. The first kappa shape index (κ1) is 14.4. The smallest absolute Gasteiger partial charge is 0.308 e. The summed E-state index contributed by atoms with van der Waals surface area (Å²) in [5.74, 6) is -0.388. The van der Waals surface area contributed by atoms with E-state index in [0.717, 1.165) is 38.6 Å². The summed E-state index contributed by atoms with van der Waals surface area (Å²) >= 11 is 0. The van der Waals surface area contributed by atoms with Gasteiger partial charge in [0.2, 0.25) is 5.91 Å². The van der Waals surface area contributed by atoms with Crippen LogP contribution in [0.2, 0.25) is 0 Å². The standard InChI is InChI=1S/C15H25NO3/c1-11(2)9-15(6-4-7-15)14(19)16-8-3-5-12(10-16)13(17)18/h11-12H,3-10H2,1-2H3,(H,17,18)/t12-/m0/s1. The molecule has 2 aliphatic rings. The molecule has 0 aromatic heterocycles. The monoisotopic (exact) mass is 267 g/mol. The van der Waals surface area contributed by atoms with Crippen molar-refractivity contribution >= 4 is 11.9 Å². The maximum atomic E-state index is 12.7. The minimum atomic E-state index is -0.760. The van der Waals surface area contributed by atoms with Crippen molar-refractivity contribution in [1.29, 1.82) is 0 Å². The molecule has 1 N–H and O–H groups in total. The summed E-state index contributed by atoms with van der Waals surface area (Å²) in [6, 6.07) is 0. The molecule has 1 aliphatic heterocycles. The summed E-state index contributed by atoms with van der Waals surface area (Å²) in [5.41, 5.74) is -0.172. The van der Waals surface area contributed by atoms with Crippen LogP contribution in [-0.2, 0) is 9.59 Å². The van der Waals surface area contributed by atoms with Crippen LogP contribution in [0, 0.1) is 17.3 Å². The lowest BCUT2D eigenvalue weighted by Gasteiger charge is -2.46. The molecule has 1 saturated heterocycles. The second-order valence-corrected chi connectivity index (χ2v) is 6.66. The Morgan fingerprint density at radius 1 is 1.32 bits per heavy atom. The van der Waals surface area contributed by atoms with Crippen molar-refractivity contribution in [3.8, 4) is 0 Å². The van der Waals surface area contributed by atoms with Gasteiger partial charge < -0.3 is 10.0 Å². The van der Waals surface area contributed by atoms with Crippen LogP contribution in [0.5, 0.6) is 0 Å². The normalized spacial score (nSPS) is 26.1. The van der Waals surface area contributed by atoms with Gasteiger partial charge in [-0.3, -0.25) is 9.59 Å². The summed E-state index contributed by atoms with van der Waals surface area (Å²) in [6.45, 7) is 5.46. The van der Waals surface area contributed by atoms with Crippen LogP contribution < -0.4 is 0 Å². The van der Waals surface area contributed by atoms with Crippen LogP contribution in [-0.4, -0.2) is 35.0 Å². The van der Waals surface area contributed by atoms with Crippen LogP contribution in [0.3, 0.4) is 0 Å². The summed E-state index contributed by atoms with van der Waals surface area (Å²) in [4.78, 5) is 25.7. The molecule has 0 aromatic rings. The van der Waals surface area contributed by atoms with E-state index in [0.29, 0.717) is 18.9 Å². The first-order valence-electron chi connectivity index (χ1n) is 7.47.